The Bertz CT molecular complexity index is 848. The lowest BCUT2D eigenvalue weighted by Crippen LogP contribution is -2.51. The molecule has 30 heavy (non-hydrogen) atoms. The number of carbonyl (C=O) groups is 2. The number of thioether (sulfide) groups is 1. The molecule has 2 amide bonds. The highest BCUT2D eigenvalue weighted by atomic mass is 35.5. The van der Waals surface area contributed by atoms with Gasteiger partial charge >= 0.3 is 0 Å². The van der Waals surface area contributed by atoms with Crippen LogP contribution in [0.15, 0.2) is 53.4 Å². The molecule has 0 saturated carbocycles. The molecule has 0 radical (unpaired) electrons. The first-order valence-corrected chi connectivity index (χ1v) is 11.8. The van der Waals surface area contributed by atoms with Gasteiger partial charge in [0.15, 0.2) is 0 Å². The van der Waals surface area contributed by atoms with Crippen molar-refractivity contribution in [1.82, 2.24) is 10.2 Å². The molecule has 4 nitrogen and oxygen atoms in total. The minimum atomic E-state index is -0.558. The second-order valence-electron chi connectivity index (χ2n) is 7.11. The van der Waals surface area contributed by atoms with Crippen molar-refractivity contribution in [1.29, 1.82) is 0 Å². The van der Waals surface area contributed by atoms with Crippen molar-refractivity contribution >= 4 is 46.8 Å². The van der Waals surface area contributed by atoms with E-state index in [2.05, 4.69) is 5.32 Å². The molecule has 2 aromatic carbocycles. The summed E-state index contributed by atoms with van der Waals surface area (Å²) in [5, 5.41) is 3.90. The van der Waals surface area contributed by atoms with E-state index >= 15 is 0 Å². The Balaban J connectivity index is 2.23. The Morgan fingerprint density at radius 3 is 2.33 bits per heavy atom. The second kappa shape index (κ2) is 12.2. The average Bonchev–Trinajstić information content (AvgIpc) is 2.75. The number of halogens is 2. The molecule has 0 fully saturated rings. The Hall–Kier alpha value is -1.69. The van der Waals surface area contributed by atoms with Crippen molar-refractivity contribution < 1.29 is 9.59 Å². The number of nitrogens with zero attached hydrogens (tertiary/aromatic N) is 1. The Labute approximate surface area is 193 Å². The van der Waals surface area contributed by atoms with Crippen LogP contribution in [0.2, 0.25) is 10.0 Å². The Morgan fingerprint density at radius 2 is 1.73 bits per heavy atom. The van der Waals surface area contributed by atoms with Crippen LogP contribution in [-0.2, 0) is 16.1 Å². The van der Waals surface area contributed by atoms with Crippen LogP contribution in [0.1, 0.15) is 39.2 Å². The summed E-state index contributed by atoms with van der Waals surface area (Å²) in [6.45, 7) is 6.18. The fraction of sp³-hybridized carbons (Fsp3) is 0.391. The molecule has 7 heteroatoms. The van der Waals surface area contributed by atoms with Crippen molar-refractivity contribution in [3.63, 3.8) is 0 Å². The molecule has 2 atom stereocenters. The Morgan fingerprint density at radius 1 is 1.03 bits per heavy atom. The standard InChI is InChI=1S/C23H28Cl2N2O2S/c1-4-16(3)26-23(29)21(5-2)27(14-17-11-12-19(24)20(25)13-17)22(28)15-30-18-9-7-6-8-10-18/h6-13,16,21H,4-5,14-15H2,1-3H3,(H,26,29)/t16-,21+/m1/s1. The van der Waals surface area contributed by atoms with Crippen molar-refractivity contribution in [2.45, 2.75) is 57.1 Å². The summed E-state index contributed by atoms with van der Waals surface area (Å²) >= 11 is 13.7. The molecule has 0 aliphatic carbocycles. The maximum absolute atomic E-state index is 13.2. The predicted octanol–water partition coefficient (Wildman–Crippen LogP) is 5.81. The highest BCUT2D eigenvalue weighted by Crippen LogP contribution is 2.25. The Kier molecular flexibility index (Phi) is 10.0. The molecule has 2 aromatic rings. The zero-order chi connectivity index (χ0) is 22.1. The fourth-order valence-corrected chi connectivity index (χ4v) is 4.07. The van der Waals surface area contributed by atoms with E-state index < -0.39 is 6.04 Å². The van der Waals surface area contributed by atoms with Crippen molar-refractivity contribution in [3.05, 3.63) is 64.1 Å². The van der Waals surface area contributed by atoms with Gasteiger partial charge in [0, 0.05) is 17.5 Å². The third-order valence-electron chi connectivity index (χ3n) is 4.83. The van der Waals surface area contributed by atoms with Gasteiger partial charge in [-0.15, -0.1) is 11.8 Å². The monoisotopic (exact) mass is 466 g/mol. The average molecular weight is 467 g/mol. The lowest BCUT2D eigenvalue weighted by Gasteiger charge is -2.31. The molecule has 0 heterocycles. The van der Waals surface area contributed by atoms with E-state index in [0.29, 0.717) is 16.5 Å². The molecular formula is C23H28Cl2N2O2S. The van der Waals surface area contributed by atoms with E-state index in [1.807, 2.05) is 57.2 Å². The molecule has 0 aromatic heterocycles. The molecule has 0 aliphatic heterocycles. The minimum Gasteiger partial charge on any atom is -0.352 e. The fourth-order valence-electron chi connectivity index (χ4n) is 2.94. The first kappa shape index (κ1) is 24.6. The summed E-state index contributed by atoms with van der Waals surface area (Å²) in [7, 11) is 0. The highest BCUT2D eigenvalue weighted by molar-refractivity contribution is 8.00. The van der Waals surface area contributed by atoms with Gasteiger partial charge in [-0.2, -0.15) is 0 Å². The van der Waals surface area contributed by atoms with Crippen LogP contribution in [-0.4, -0.2) is 34.6 Å². The molecule has 0 spiro atoms. The summed E-state index contributed by atoms with van der Waals surface area (Å²) in [5.74, 6) is 0.0179. The molecular weight excluding hydrogens is 439 g/mol. The maximum atomic E-state index is 13.2. The van der Waals surface area contributed by atoms with Crippen LogP contribution < -0.4 is 5.32 Å². The first-order valence-electron chi connectivity index (χ1n) is 10.1. The lowest BCUT2D eigenvalue weighted by atomic mass is 10.1. The number of hydrogen-bond acceptors (Lipinski definition) is 3. The van der Waals surface area contributed by atoms with Crippen molar-refractivity contribution in [3.8, 4) is 0 Å². The van der Waals surface area contributed by atoms with Gasteiger partial charge < -0.3 is 10.2 Å². The van der Waals surface area contributed by atoms with E-state index in [9.17, 15) is 9.59 Å². The molecule has 162 valence electrons. The lowest BCUT2D eigenvalue weighted by molar-refractivity contribution is -0.139. The molecule has 2 rings (SSSR count). The largest absolute Gasteiger partial charge is 0.352 e. The van der Waals surface area contributed by atoms with Gasteiger partial charge in [-0.05, 0) is 49.6 Å². The molecule has 0 aliphatic rings. The third-order valence-corrected chi connectivity index (χ3v) is 6.57. The molecule has 0 saturated heterocycles. The maximum Gasteiger partial charge on any atom is 0.243 e. The van der Waals surface area contributed by atoms with Crippen molar-refractivity contribution in [2.24, 2.45) is 0 Å². The second-order valence-corrected chi connectivity index (χ2v) is 8.98. The van der Waals surface area contributed by atoms with Crippen LogP contribution in [0.25, 0.3) is 0 Å². The van der Waals surface area contributed by atoms with Gasteiger partial charge in [0.05, 0.1) is 15.8 Å². The third kappa shape index (κ3) is 7.22. The summed E-state index contributed by atoms with van der Waals surface area (Å²) < 4.78 is 0. The van der Waals surface area contributed by atoms with Crippen LogP contribution in [0.3, 0.4) is 0 Å². The van der Waals surface area contributed by atoms with E-state index in [0.717, 1.165) is 16.9 Å². The minimum absolute atomic E-state index is 0.0483. The normalized spacial score (nSPS) is 12.8. The summed E-state index contributed by atoms with van der Waals surface area (Å²) in [6.07, 6.45) is 1.35. The van der Waals surface area contributed by atoms with Crippen LogP contribution >= 0.6 is 35.0 Å². The van der Waals surface area contributed by atoms with Gasteiger partial charge in [-0.25, -0.2) is 0 Å². The summed E-state index contributed by atoms with van der Waals surface area (Å²) in [4.78, 5) is 28.8. The first-order chi connectivity index (χ1) is 14.3. The van der Waals surface area contributed by atoms with E-state index in [1.54, 1.807) is 17.0 Å². The van der Waals surface area contributed by atoms with Gasteiger partial charge in [-0.1, -0.05) is 61.3 Å². The molecule has 1 N–H and O–H groups in total. The number of carbonyl (C=O) groups excluding carboxylic acids is 2. The van der Waals surface area contributed by atoms with E-state index in [4.69, 9.17) is 23.2 Å². The smallest absolute Gasteiger partial charge is 0.243 e. The predicted molar refractivity (Wildman–Crippen MR) is 126 cm³/mol. The number of hydrogen-bond donors (Lipinski definition) is 1. The number of nitrogens with one attached hydrogen (secondary N) is 1. The van der Waals surface area contributed by atoms with Crippen LogP contribution in [0.4, 0.5) is 0 Å². The number of rotatable bonds is 10. The van der Waals surface area contributed by atoms with Gasteiger partial charge in [0.2, 0.25) is 11.8 Å². The SMILES string of the molecule is CC[C@@H](C)NC(=O)[C@H](CC)N(Cc1ccc(Cl)c(Cl)c1)C(=O)CSc1ccccc1. The van der Waals surface area contributed by atoms with Crippen molar-refractivity contribution in [2.75, 3.05) is 5.75 Å². The summed E-state index contributed by atoms with van der Waals surface area (Å²) in [5.41, 5.74) is 0.831. The van der Waals surface area contributed by atoms with E-state index in [1.165, 1.54) is 11.8 Å². The molecule has 0 bridgehead atoms. The van der Waals surface area contributed by atoms with Crippen LogP contribution in [0.5, 0.6) is 0 Å². The zero-order valence-corrected chi connectivity index (χ0v) is 19.9. The number of amides is 2. The molecule has 0 unspecified atom stereocenters. The number of benzene rings is 2. The quantitative estimate of drug-likeness (QED) is 0.449. The topological polar surface area (TPSA) is 49.4 Å². The highest BCUT2D eigenvalue weighted by Gasteiger charge is 2.29. The van der Waals surface area contributed by atoms with Gasteiger partial charge in [0.25, 0.3) is 0 Å². The van der Waals surface area contributed by atoms with Crippen LogP contribution in [0, 0.1) is 0 Å². The van der Waals surface area contributed by atoms with Gasteiger partial charge in [0.1, 0.15) is 6.04 Å². The van der Waals surface area contributed by atoms with E-state index in [-0.39, 0.29) is 30.2 Å². The van der Waals surface area contributed by atoms with Gasteiger partial charge in [-0.3, -0.25) is 9.59 Å². The zero-order valence-electron chi connectivity index (χ0n) is 17.5. The summed E-state index contributed by atoms with van der Waals surface area (Å²) in [6, 6.07) is 14.5.